The molecule has 0 saturated heterocycles. The van der Waals surface area contributed by atoms with Gasteiger partial charge in [-0.1, -0.05) is 12.8 Å². The lowest BCUT2D eigenvalue weighted by Crippen LogP contribution is -2.44. The molecule has 0 spiro atoms. The van der Waals surface area contributed by atoms with Crippen molar-refractivity contribution in [2.24, 2.45) is 5.41 Å². The van der Waals surface area contributed by atoms with E-state index in [0.29, 0.717) is 11.5 Å². The van der Waals surface area contributed by atoms with E-state index in [2.05, 4.69) is 5.32 Å². The molecule has 2 aliphatic carbocycles. The zero-order valence-corrected chi connectivity index (χ0v) is 10.4. The molecule has 2 fully saturated rings. The van der Waals surface area contributed by atoms with Crippen molar-refractivity contribution in [1.82, 2.24) is 5.32 Å². The minimum absolute atomic E-state index is 0.119. The Balaban J connectivity index is 1.69. The van der Waals surface area contributed by atoms with Crippen LogP contribution in [-0.4, -0.2) is 37.5 Å². The number of ether oxygens (including phenoxy) is 1. The summed E-state index contributed by atoms with van der Waals surface area (Å²) in [6.45, 7) is 1.94. The Bertz CT molecular complexity index is 216. The zero-order valence-electron chi connectivity index (χ0n) is 10.4. The van der Waals surface area contributed by atoms with Gasteiger partial charge in [0, 0.05) is 26.3 Å². The van der Waals surface area contributed by atoms with E-state index >= 15 is 0 Å². The smallest absolute Gasteiger partial charge is 0.0693 e. The highest BCUT2D eigenvalue weighted by Gasteiger charge is 2.42. The second-order valence-electron chi connectivity index (χ2n) is 5.58. The molecule has 3 nitrogen and oxygen atoms in total. The van der Waals surface area contributed by atoms with Crippen LogP contribution in [0.2, 0.25) is 0 Å². The number of aliphatic hydroxyl groups is 1. The molecule has 0 bridgehead atoms. The molecule has 3 heteroatoms. The normalized spacial score (nSPS) is 32.6. The minimum Gasteiger partial charge on any atom is -0.392 e. The van der Waals surface area contributed by atoms with Crippen molar-refractivity contribution < 1.29 is 9.84 Å². The van der Waals surface area contributed by atoms with Gasteiger partial charge in [0.25, 0.3) is 0 Å². The third-order valence-electron chi connectivity index (χ3n) is 4.26. The first-order chi connectivity index (χ1) is 7.76. The highest BCUT2D eigenvalue weighted by atomic mass is 16.5. The molecule has 2 rings (SSSR count). The first kappa shape index (κ1) is 12.3. The minimum atomic E-state index is -0.119. The van der Waals surface area contributed by atoms with Crippen molar-refractivity contribution in [2.45, 2.75) is 57.1 Å². The molecule has 0 heterocycles. The highest BCUT2D eigenvalue weighted by molar-refractivity contribution is 4.96. The van der Waals surface area contributed by atoms with Crippen LogP contribution in [0.15, 0.2) is 0 Å². The summed E-state index contributed by atoms with van der Waals surface area (Å²) in [5.74, 6) is 0. The predicted octanol–water partition coefficient (Wildman–Crippen LogP) is 1.70. The van der Waals surface area contributed by atoms with E-state index in [1.807, 2.05) is 0 Å². The van der Waals surface area contributed by atoms with Gasteiger partial charge in [0.15, 0.2) is 0 Å². The topological polar surface area (TPSA) is 41.5 Å². The highest BCUT2D eigenvalue weighted by Crippen LogP contribution is 2.48. The quantitative estimate of drug-likeness (QED) is 0.725. The SMILES string of the molecule is COCCC1(CN[C@@H]2CCCC[C@H]2O)CC1. The van der Waals surface area contributed by atoms with Crippen LogP contribution in [0.25, 0.3) is 0 Å². The van der Waals surface area contributed by atoms with Gasteiger partial charge in [0.05, 0.1) is 6.10 Å². The fraction of sp³-hybridized carbons (Fsp3) is 1.00. The Morgan fingerprint density at radius 2 is 2.06 bits per heavy atom. The Kier molecular flexibility index (Phi) is 4.22. The predicted molar refractivity (Wildman–Crippen MR) is 64.4 cm³/mol. The van der Waals surface area contributed by atoms with Gasteiger partial charge in [-0.2, -0.15) is 0 Å². The van der Waals surface area contributed by atoms with E-state index < -0.39 is 0 Å². The molecular formula is C13H25NO2. The number of rotatable bonds is 6. The van der Waals surface area contributed by atoms with E-state index in [-0.39, 0.29) is 6.10 Å². The lowest BCUT2D eigenvalue weighted by atomic mass is 9.91. The number of hydrogen-bond donors (Lipinski definition) is 2. The first-order valence-electron chi connectivity index (χ1n) is 6.66. The van der Waals surface area contributed by atoms with Crippen LogP contribution in [0, 0.1) is 5.41 Å². The van der Waals surface area contributed by atoms with E-state index in [9.17, 15) is 5.11 Å². The molecule has 0 aromatic rings. The van der Waals surface area contributed by atoms with Crippen molar-refractivity contribution in [3.05, 3.63) is 0 Å². The van der Waals surface area contributed by atoms with Crippen molar-refractivity contribution in [1.29, 1.82) is 0 Å². The lowest BCUT2D eigenvalue weighted by molar-refractivity contribution is 0.0861. The Hall–Kier alpha value is -0.120. The van der Waals surface area contributed by atoms with Crippen molar-refractivity contribution >= 4 is 0 Å². The fourth-order valence-electron chi connectivity index (χ4n) is 2.71. The molecule has 0 aromatic heterocycles. The molecule has 2 saturated carbocycles. The van der Waals surface area contributed by atoms with Gasteiger partial charge in [-0.25, -0.2) is 0 Å². The monoisotopic (exact) mass is 227 g/mol. The molecule has 0 unspecified atom stereocenters. The van der Waals surface area contributed by atoms with Crippen LogP contribution in [-0.2, 0) is 4.74 Å². The zero-order chi connectivity index (χ0) is 11.4. The van der Waals surface area contributed by atoms with Crippen molar-refractivity contribution in [3.8, 4) is 0 Å². The van der Waals surface area contributed by atoms with Gasteiger partial charge in [-0.05, 0) is 37.5 Å². The molecule has 94 valence electrons. The summed E-state index contributed by atoms with van der Waals surface area (Å²) in [6, 6.07) is 0.341. The van der Waals surface area contributed by atoms with E-state index in [1.54, 1.807) is 7.11 Å². The van der Waals surface area contributed by atoms with E-state index in [4.69, 9.17) is 4.74 Å². The third-order valence-corrected chi connectivity index (χ3v) is 4.26. The van der Waals surface area contributed by atoms with Crippen LogP contribution in [0.3, 0.4) is 0 Å². The maximum Gasteiger partial charge on any atom is 0.0693 e. The molecule has 0 amide bonds. The standard InChI is InChI=1S/C13H25NO2/c1-16-9-8-13(6-7-13)10-14-11-4-2-3-5-12(11)15/h11-12,14-15H,2-10H2,1H3/t11-,12-/m1/s1. The maximum absolute atomic E-state index is 9.88. The largest absolute Gasteiger partial charge is 0.392 e. The summed E-state index contributed by atoms with van der Waals surface area (Å²) in [5, 5.41) is 13.5. The summed E-state index contributed by atoms with van der Waals surface area (Å²) < 4.78 is 5.15. The molecule has 0 aromatic carbocycles. The summed E-state index contributed by atoms with van der Waals surface area (Å²) in [5.41, 5.74) is 0.493. The maximum atomic E-state index is 9.88. The van der Waals surface area contributed by atoms with E-state index in [1.165, 1.54) is 32.1 Å². The average Bonchev–Trinajstić information content (AvgIpc) is 3.06. The van der Waals surface area contributed by atoms with Crippen molar-refractivity contribution in [3.63, 3.8) is 0 Å². The Labute approximate surface area is 98.6 Å². The summed E-state index contributed by atoms with van der Waals surface area (Å²) in [6.07, 6.45) is 8.27. The first-order valence-corrected chi connectivity index (χ1v) is 6.66. The molecular weight excluding hydrogens is 202 g/mol. The van der Waals surface area contributed by atoms with Crippen LogP contribution in [0.1, 0.15) is 44.9 Å². The summed E-state index contributed by atoms with van der Waals surface area (Å²) in [4.78, 5) is 0. The second-order valence-corrected chi connectivity index (χ2v) is 5.58. The molecule has 0 radical (unpaired) electrons. The Morgan fingerprint density at radius 3 is 2.69 bits per heavy atom. The van der Waals surface area contributed by atoms with E-state index in [0.717, 1.165) is 26.0 Å². The average molecular weight is 227 g/mol. The van der Waals surface area contributed by atoms with Gasteiger partial charge in [-0.3, -0.25) is 0 Å². The number of methoxy groups -OCH3 is 1. The van der Waals surface area contributed by atoms with Crippen LogP contribution >= 0.6 is 0 Å². The lowest BCUT2D eigenvalue weighted by Gasteiger charge is -2.30. The molecule has 2 aliphatic rings. The van der Waals surface area contributed by atoms with Gasteiger partial charge in [0.2, 0.25) is 0 Å². The van der Waals surface area contributed by atoms with Gasteiger partial charge in [0.1, 0.15) is 0 Å². The Morgan fingerprint density at radius 1 is 1.31 bits per heavy atom. The van der Waals surface area contributed by atoms with Crippen LogP contribution in [0.4, 0.5) is 0 Å². The second kappa shape index (κ2) is 5.48. The molecule has 2 atom stereocenters. The van der Waals surface area contributed by atoms with Crippen molar-refractivity contribution in [2.75, 3.05) is 20.3 Å². The molecule has 0 aliphatic heterocycles. The summed E-state index contributed by atoms with van der Waals surface area (Å²) in [7, 11) is 1.77. The number of aliphatic hydroxyl groups excluding tert-OH is 1. The van der Waals surface area contributed by atoms with Gasteiger partial charge < -0.3 is 15.2 Å². The summed E-state index contributed by atoms with van der Waals surface area (Å²) >= 11 is 0. The molecule has 16 heavy (non-hydrogen) atoms. The van der Waals surface area contributed by atoms with Crippen LogP contribution in [0.5, 0.6) is 0 Å². The number of nitrogens with one attached hydrogen (secondary N) is 1. The number of hydrogen-bond acceptors (Lipinski definition) is 3. The van der Waals surface area contributed by atoms with Gasteiger partial charge in [-0.15, -0.1) is 0 Å². The van der Waals surface area contributed by atoms with Gasteiger partial charge >= 0.3 is 0 Å². The third kappa shape index (κ3) is 3.19. The van der Waals surface area contributed by atoms with Crippen LogP contribution < -0.4 is 5.32 Å². The molecule has 2 N–H and O–H groups in total. The fourth-order valence-corrected chi connectivity index (χ4v) is 2.71.